The molecule has 2 aromatic heterocycles. The number of nitrogens with zero attached hydrogens (tertiary/aromatic N) is 5. The Morgan fingerprint density at radius 2 is 1.76 bits per heavy atom. The van der Waals surface area contributed by atoms with Crippen LogP contribution in [0.15, 0.2) is 73.1 Å². The van der Waals surface area contributed by atoms with Gasteiger partial charge in [-0.05, 0) is 60.7 Å². The second-order valence-electron chi connectivity index (χ2n) is 10.6. The number of aromatic nitrogens is 2. The van der Waals surface area contributed by atoms with Crippen LogP contribution in [0.2, 0.25) is 0 Å². The van der Waals surface area contributed by atoms with E-state index in [4.69, 9.17) is 0 Å². The predicted molar refractivity (Wildman–Crippen MR) is 165 cm³/mol. The standard InChI is InChI=1S/C33H37N5O2S/c1-24-32(41-25(2)35-24)20-33(40)37-18-17-36(22-27-9-5-4-6-10-27)15-8-16-38(26(3)39)31-13-12-28(19-30(31)23-37)29-11-7-14-34-21-29/h4-7,9-14,19,21H,8,15-18,20,22-23H2,1-3H3. The smallest absolute Gasteiger partial charge is 0.228 e. The molecule has 0 aliphatic carbocycles. The highest BCUT2D eigenvalue weighted by atomic mass is 32.1. The first-order valence-corrected chi connectivity index (χ1v) is 15.0. The number of hydrogen-bond acceptors (Lipinski definition) is 6. The van der Waals surface area contributed by atoms with Gasteiger partial charge in [-0.25, -0.2) is 4.98 Å². The number of rotatable bonds is 5. The van der Waals surface area contributed by atoms with Gasteiger partial charge in [0.1, 0.15) is 0 Å². The molecule has 2 amide bonds. The molecule has 5 rings (SSSR count). The van der Waals surface area contributed by atoms with Crippen molar-refractivity contribution in [2.75, 3.05) is 31.1 Å². The summed E-state index contributed by atoms with van der Waals surface area (Å²) in [5.41, 5.74) is 6.01. The molecule has 0 bridgehead atoms. The molecule has 0 N–H and O–H groups in total. The predicted octanol–water partition coefficient (Wildman–Crippen LogP) is 5.65. The molecule has 212 valence electrons. The molecule has 1 aliphatic heterocycles. The summed E-state index contributed by atoms with van der Waals surface area (Å²) >= 11 is 1.59. The summed E-state index contributed by atoms with van der Waals surface area (Å²) in [5.74, 6) is 0.0747. The van der Waals surface area contributed by atoms with Crippen molar-refractivity contribution in [3.05, 3.63) is 99.8 Å². The van der Waals surface area contributed by atoms with Gasteiger partial charge in [-0.2, -0.15) is 0 Å². The molecule has 0 fully saturated rings. The molecule has 0 spiro atoms. The van der Waals surface area contributed by atoms with Crippen LogP contribution in [0, 0.1) is 13.8 Å². The fraction of sp³-hybridized carbons (Fsp3) is 0.333. The number of carbonyl (C=O) groups is 2. The number of aryl methyl sites for hydroxylation is 2. The summed E-state index contributed by atoms with van der Waals surface area (Å²) in [7, 11) is 0. The van der Waals surface area contributed by atoms with E-state index in [1.54, 1.807) is 24.5 Å². The Bertz CT molecular complexity index is 1490. The average Bonchev–Trinajstić information content (AvgIpc) is 3.27. The normalized spacial score (nSPS) is 14.8. The van der Waals surface area contributed by atoms with Gasteiger partial charge in [0, 0.05) is 69.2 Å². The number of amides is 2. The Kier molecular flexibility index (Phi) is 9.21. The lowest BCUT2D eigenvalue weighted by molar-refractivity contribution is -0.131. The number of benzene rings is 2. The Balaban J connectivity index is 1.51. The zero-order valence-electron chi connectivity index (χ0n) is 24.0. The minimum atomic E-state index is 0.00266. The van der Waals surface area contributed by atoms with E-state index in [1.807, 2.05) is 60.2 Å². The van der Waals surface area contributed by atoms with E-state index >= 15 is 0 Å². The van der Waals surface area contributed by atoms with Crippen molar-refractivity contribution in [3.63, 3.8) is 0 Å². The highest BCUT2D eigenvalue weighted by Crippen LogP contribution is 2.30. The largest absolute Gasteiger partial charge is 0.337 e. The van der Waals surface area contributed by atoms with Crippen LogP contribution in [0.5, 0.6) is 0 Å². The third-order valence-corrected chi connectivity index (χ3v) is 8.63. The van der Waals surface area contributed by atoms with Gasteiger partial charge in [0.05, 0.1) is 17.1 Å². The summed E-state index contributed by atoms with van der Waals surface area (Å²) in [5, 5.41) is 0.973. The van der Waals surface area contributed by atoms with Crippen LogP contribution in [0.1, 0.15) is 40.1 Å². The van der Waals surface area contributed by atoms with Crippen molar-refractivity contribution in [2.24, 2.45) is 0 Å². The van der Waals surface area contributed by atoms with Crippen molar-refractivity contribution in [2.45, 2.75) is 46.7 Å². The van der Waals surface area contributed by atoms with Crippen LogP contribution in [0.3, 0.4) is 0 Å². The summed E-state index contributed by atoms with van der Waals surface area (Å²) in [6.07, 6.45) is 4.76. The van der Waals surface area contributed by atoms with Crippen molar-refractivity contribution in [1.82, 2.24) is 19.8 Å². The molecule has 0 unspecified atom stereocenters. The molecule has 1 aliphatic rings. The van der Waals surface area contributed by atoms with Gasteiger partial charge in [-0.3, -0.25) is 19.5 Å². The molecule has 0 radical (unpaired) electrons. The van der Waals surface area contributed by atoms with E-state index in [-0.39, 0.29) is 11.8 Å². The lowest BCUT2D eigenvalue weighted by Gasteiger charge is -2.28. The highest BCUT2D eigenvalue weighted by molar-refractivity contribution is 7.11. The third kappa shape index (κ3) is 7.26. The fourth-order valence-electron chi connectivity index (χ4n) is 5.45. The summed E-state index contributed by atoms with van der Waals surface area (Å²) < 4.78 is 0. The van der Waals surface area contributed by atoms with Gasteiger partial charge in [-0.1, -0.05) is 42.5 Å². The average molecular weight is 568 g/mol. The van der Waals surface area contributed by atoms with Gasteiger partial charge in [0.15, 0.2) is 0 Å². The maximum atomic E-state index is 13.9. The molecule has 2 aromatic carbocycles. The third-order valence-electron chi connectivity index (χ3n) is 7.56. The molecule has 0 saturated carbocycles. The second kappa shape index (κ2) is 13.2. The number of fused-ring (bicyclic) bond motifs is 1. The molecule has 8 heteroatoms. The van der Waals surface area contributed by atoms with Crippen LogP contribution in [0.4, 0.5) is 5.69 Å². The maximum absolute atomic E-state index is 13.9. The Morgan fingerprint density at radius 1 is 0.927 bits per heavy atom. The minimum absolute atomic E-state index is 0.00266. The number of carbonyl (C=O) groups excluding carboxylic acids is 2. The molecule has 41 heavy (non-hydrogen) atoms. The first kappa shape index (κ1) is 28.6. The van der Waals surface area contributed by atoms with Gasteiger partial charge in [0.25, 0.3) is 0 Å². The summed E-state index contributed by atoms with van der Waals surface area (Å²) in [6, 6.07) is 20.6. The lowest BCUT2D eigenvalue weighted by atomic mass is 10.0. The molecular formula is C33H37N5O2S. The quantitative estimate of drug-likeness (QED) is 0.312. The lowest BCUT2D eigenvalue weighted by Crippen LogP contribution is -2.39. The van der Waals surface area contributed by atoms with Crippen molar-refractivity contribution < 1.29 is 9.59 Å². The Morgan fingerprint density at radius 3 is 2.46 bits per heavy atom. The number of hydrogen-bond donors (Lipinski definition) is 0. The minimum Gasteiger partial charge on any atom is -0.337 e. The van der Waals surface area contributed by atoms with Crippen LogP contribution in [-0.2, 0) is 29.1 Å². The SMILES string of the molecule is CC(=O)N1CCCN(Cc2ccccc2)CCN(C(=O)Cc2sc(C)nc2C)Cc2cc(-c3cccnc3)ccc21. The number of pyridine rings is 1. The van der Waals surface area contributed by atoms with E-state index < -0.39 is 0 Å². The molecule has 3 heterocycles. The van der Waals surface area contributed by atoms with E-state index in [9.17, 15) is 9.59 Å². The van der Waals surface area contributed by atoms with Crippen molar-refractivity contribution >= 4 is 28.8 Å². The summed E-state index contributed by atoms with van der Waals surface area (Å²) in [6.45, 7) is 9.59. The molecule has 7 nitrogen and oxygen atoms in total. The van der Waals surface area contributed by atoms with E-state index in [0.717, 1.165) is 64.0 Å². The Labute approximate surface area is 246 Å². The first-order chi connectivity index (χ1) is 19.9. The van der Waals surface area contributed by atoms with Crippen LogP contribution < -0.4 is 4.90 Å². The van der Waals surface area contributed by atoms with E-state index in [0.29, 0.717) is 26.1 Å². The first-order valence-electron chi connectivity index (χ1n) is 14.2. The van der Waals surface area contributed by atoms with Crippen molar-refractivity contribution in [3.8, 4) is 11.1 Å². The van der Waals surface area contributed by atoms with E-state index in [1.165, 1.54) is 5.56 Å². The van der Waals surface area contributed by atoms with Crippen LogP contribution >= 0.6 is 11.3 Å². The number of thiazole rings is 1. The van der Waals surface area contributed by atoms with Gasteiger partial charge in [-0.15, -0.1) is 11.3 Å². The molecule has 0 atom stereocenters. The van der Waals surface area contributed by atoms with E-state index in [2.05, 4.69) is 45.2 Å². The molecule has 4 aromatic rings. The van der Waals surface area contributed by atoms with Gasteiger partial charge < -0.3 is 9.80 Å². The van der Waals surface area contributed by atoms with Crippen molar-refractivity contribution in [1.29, 1.82) is 0 Å². The zero-order valence-corrected chi connectivity index (χ0v) is 24.9. The van der Waals surface area contributed by atoms with Gasteiger partial charge in [0.2, 0.25) is 11.8 Å². The monoisotopic (exact) mass is 567 g/mol. The topological polar surface area (TPSA) is 69.6 Å². The van der Waals surface area contributed by atoms with Crippen LogP contribution in [0.25, 0.3) is 11.1 Å². The van der Waals surface area contributed by atoms with Crippen LogP contribution in [-0.4, -0.2) is 57.8 Å². The molecular weight excluding hydrogens is 530 g/mol. The van der Waals surface area contributed by atoms with Gasteiger partial charge >= 0.3 is 0 Å². The maximum Gasteiger partial charge on any atom is 0.228 e. The zero-order chi connectivity index (χ0) is 28.8. The highest BCUT2D eigenvalue weighted by Gasteiger charge is 2.24. The fourth-order valence-corrected chi connectivity index (χ4v) is 6.37. The Hall–Kier alpha value is -3.88. The second-order valence-corrected chi connectivity index (χ2v) is 11.9. The summed E-state index contributed by atoms with van der Waals surface area (Å²) in [4.78, 5) is 42.9. The number of anilines is 1. The molecule has 0 saturated heterocycles.